The van der Waals surface area contributed by atoms with E-state index in [1.165, 1.54) is 12.1 Å². The minimum atomic E-state index is -0.251. The van der Waals surface area contributed by atoms with Crippen molar-refractivity contribution in [1.82, 2.24) is 0 Å². The Labute approximate surface area is 125 Å². The first-order valence-corrected chi connectivity index (χ1v) is 7.33. The van der Waals surface area contributed by atoms with Crippen molar-refractivity contribution >= 4 is 0 Å². The van der Waals surface area contributed by atoms with Gasteiger partial charge in [-0.2, -0.15) is 0 Å². The number of nitrogens with two attached hydrogens (primary N) is 1. The number of halogens is 1. The van der Waals surface area contributed by atoms with E-state index in [4.69, 9.17) is 10.5 Å². The summed E-state index contributed by atoms with van der Waals surface area (Å²) in [7, 11) is 0. The molecule has 3 atom stereocenters. The minimum Gasteiger partial charge on any atom is -0.364 e. The van der Waals surface area contributed by atoms with E-state index in [1.54, 1.807) is 12.1 Å². The summed E-state index contributed by atoms with van der Waals surface area (Å²) in [4.78, 5) is 0. The standard InChI is InChI=1S/C18H22FNO/c1-3-17(20)18(15-9-11-16(19)12-10-15)21-13(2)14-7-5-4-6-8-14/h4-13,17-18H,3,20H2,1-2H3. The van der Waals surface area contributed by atoms with Crippen LogP contribution >= 0.6 is 0 Å². The van der Waals surface area contributed by atoms with Crippen molar-refractivity contribution in [1.29, 1.82) is 0 Å². The van der Waals surface area contributed by atoms with E-state index < -0.39 is 0 Å². The molecular weight excluding hydrogens is 265 g/mol. The fourth-order valence-electron chi connectivity index (χ4n) is 2.32. The average molecular weight is 287 g/mol. The highest BCUT2D eigenvalue weighted by atomic mass is 19.1. The van der Waals surface area contributed by atoms with Gasteiger partial charge in [-0.1, -0.05) is 49.4 Å². The van der Waals surface area contributed by atoms with Gasteiger partial charge in [0, 0.05) is 6.04 Å². The molecule has 112 valence electrons. The van der Waals surface area contributed by atoms with Gasteiger partial charge in [-0.25, -0.2) is 4.39 Å². The predicted octanol–water partition coefficient (Wildman–Crippen LogP) is 4.38. The lowest BCUT2D eigenvalue weighted by molar-refractivity contribution is -0.0199. The molecule has 0 fully saturated rings. The third-order valence-electron chi connectivity index (χ3n) is 3.68. The van der Waals surface area contributed by atoms with Crippen LogP contribution in [0.5, 0.6) is 0 Å². The van der Waals surface area contributed by atoms with Crippen molar-refractivity contribution in [3.05, 3.63) is 71.5 Å². The van der Waals surface area contributed by atoms with Gasteiger partial charge in [-0.15, -0.1) is 0 Å². The first kappa shape index (κ1) is 15.7. The fraction of sp³-hybridized carbons (Fsp3) is 0.333. The Balaban J connectivity index is 2.19. The van der Waals surface area contributed by atoms with Crippen LogP contribution in [-0.4, -0.2) is 6.04 Å². The lowest BCUT2D eigenvalue weighted by Gasteiger charge is -2.27. The minimum absolute atomic E-state index is 0.0705. The largest absolute Gasteiger partial charge is 0.364 e. The summed E-state index contributed by atoms with van der Waals surface area (Å²) in [5.74, 6) is -0.251. The highest BCUT2D eigenvalue weighted by Gasteiger charge is 2.22. The summed E-state index contributed by atoms with van der Waals surface area (Å²) < 4.78 is 19.3. The zero-order valence-electron chi connectivity index (χ0n) is 12.5. The number of rotatable bonds is 6. The first-order valence-electron chi connectivity index (χ1n) is 7.33. The molecule has 3 unspecified atom stereocenters. The van der Waals surface area contributed by atoms with Crippen LogP contribution in [0.25, 0.3) is 0 Å². The summed E-state index contributed by atoms with van der Waals surface area (Å²) in [6.45, 7) is 4.03. The maximum atomic E-state index is 13.1. The Bertz CT molecular complexity index is 541. The molecule has 2 nitrogen and oxygen atoms in total. The van der Waals surface area contributed by atoms with Crippen molar-refractivity contribution in [3.8, 4) is 0 Å². The summed E-state index contributed by atoms with van der Waals surface area (Å²) in [6.07, 6.45) is 0.480. The van der Waals surface area contributed by atoms with Crippen molar-refractivity contribution in [2.24, 2.45) is 5.73 Å². The monoisotopic (exact) mass is 287 g/mol. The van der Waals surface area contributed by atoms with Gasteiger partial charge in [0.05, 0.1) is 12.2 Å². The molecule has 0 amide bonds. The molecule has 2 N–H and O–H groups in total. The molecule has 0 heterocycles. The molecule has 21 heavy (non-hydrogen) atoms. The number of hydrogen-bond acceptors (Lipinski definition) is 2. The SMILES string of the molecule is CCC(N)C(OC(C)c1ccccc1)c1ccc(F)cc1. The van der Waals surface area contributed by atoms with E-state index in [0.29, 0.717) is 0 Å². The second-order valence-electron chi connectivity index (χ2n) is 5.23. The van der Waals surface area contributed by atoms with E-state index in [1.807, 2.05) is 44.2 Å². The lowest BCUT2D eigenvalue weighted by Crippen LogP contribution is -2.30. The molecule has 0 bridgehead atoms. The van der Waals surface area contributed by atoms with Gasteiger partial charge >= 0.3 is 0 Å². The van der Waals surface area contributed by atoms with Crippen LogP contribution in [0.15, 0.2) is 54.6 Å². The van der Waals surface area contributed by atoms with Crippen LogP contribution in [0, 0.1) is 5.82 Å². The van der Waals surface area contributed by atoms with Crippen LogP contribution in [-0.2, 0) is 4.74 Å². The average Bonchev–Trinajstić information content (AvgIpc) is 2.53. The van der Waals surface area contributed by atoms with Gasteiger partial charge in [-0.05, 0) is 36.6 Å². The first-order chi connectivity index (χ1) is 10.1. The molecular formula is C18H22FNO. The predicted molar refractivity (Wildman–Crippen MR) is 83.3 cm³/mol. The van der Waals surface area contributed by atoms with E-state index in [9.17, 15) is 4.39 Å². The molecule has 0 saturated heterocycles. The van der Waals surface area contributed by atoms with Crippen molar-refractivity contribution in [3.63, 3.8) is 0 Å². The van der Waals surface area contributed by atoms with Gasteiger partial charge < -0.3 is 10.5 Å². The Morgan fingerprint density at radius 1 is 1.00 bits per heavy atom. The third kappa shape index (κ3) is 4.13. The van der Waals surface area contributed by atoms with Crippen LogP contribution in [0.2, 0.25) is 0 Å². The van der Waals surface area contributed by atoms with E-state index in [0.717, 1.165) is 17.5 Å². The van der Waals surface area contributed by atoms with Crippen LogP contribution < -0.4 is 5.73 Å². The molecule has 2 aromatic carbocycles. The second-order valence-corrected chi connectivity index (χ2v) is 5.23. The zero-order valence-corrected chi connectivity index (χ0v) is 12.5. The van der Waals surface area contributed by atoms with Crippen LogP contribution in [0.4, 0.5) is 4.39 Å². The Morgan fingerprint density at radius 2 is 1.62 bits per heavy atom. The molecule has 0 saturated carbocycles. The van der Waals surface area contributed by atoms with E-state index in [-0.39, 0.29) is 24.1 Å². The summed E-state index contributed by atoms with van der Waals surface area (Å²) >= 11 is 0. The number of hydrogen-bond donors (Lipinski definition) is 1. The van der Waals surface area contributed by atoms with Gasteiger partial charge in [0.2, 0.25) is 0 Å². The fourth-order valence-corrected chi connectivity index (χ4v) is 2.32. The van der Waals surface area contributed by atoms with E-state index in [2.05, 4.69) is 0 Å². The quantitative estimate of drug-likeness (QED) is 0.855. The van der Waals surface area contributed by atoms with Crippen molar-refractivity contribution in [2.45, 2.75) is 38.5 Å². The molecule has 0 radical (unpaired) electrons. The zero-order chi connectivity index (χ0) is 15.2. The Kier molecular flexibility index (Phi) is 5.48. The van der Waals surface area contributed by atoms with Crippen LogP contribution in [0.1, 0.15) is 43.6 Å². The summed E-state index contributed by atoms with van der Waals surface area (Å²) in [5, 5.41) is 0. The molecule has 0 aliphatic heterocycles. The summed E-state index contributed by atoms with van der Waals surface area (Å²) in [6, 6.07) is 16.3. The molecule has 2 aromatic rings. The molecule has 3 heteroatoms. The Hall–Kier alpha value is -1.71. The maximum Gasteiger partial charge on any atom is 0.123 e. The van der Waals surface area contributed by atoms with Crippen molar-refractivity contribution in [2.75, 3.05) is 0 Å². The third-order valence-corrected chi connectivity index (χ3v) is 3.68. The van der Waals surface area contributed by atoms with Crippen molar-refractivity contribution < 1.29 is 9.13 Å². The molecule has 0 spiro atoms. The van der Waals surface area contributed by atoms with Gasteiger partial charge in [0.25, 0.3) is 0 Å². The molecule has 0 aromatic heterocycles. The summed E-state index contributed by atoms with van der Waals surface area (Å²) in [5.41, 5.74) is 8.21. The van der Waals surface area contributed by atoms with Gasteiger partial charge in [-0.3, -0.25) is 0 Å². The second kappa shape index (κ2) is 7.34. The van der Waals surface area contributed by atoms with E-state index >= 15 is 0 Å². The Morgan fingerprint density at radius 3 is 2.19 bits per heavy atom. The topological polar surface area (TPSA) is 35.2 Å². The maximum absolute atomic E-state index is 13.1. The highest BCUT2D eigenvalue weighted by Crippen LogP contribution is 2.29. The van der Waals surface area contributed by atoms with Gasteiger partial charge in [0.1, 0.15) is 5.82 Å². The number of ether oxygens (including phenoxy) is 1. The van der Waals surface area contributed by atoms with Gasteiger partial charge in [0.15, 0.2) is 0 Å². The highest BCUT2D eigenvalue weighted by molar-refractivity contribution is 5.21. The lowest BCUT2D eigenvalue weighted by atomic mass is 10.00. The normalized spacial score (nSPS) is 15.4. The molecule has 0 aliphatic rings. The molecule has 2 rings (SSSR count). The number of benzene rings is 2. The molecule has 0 aliphatic carbocycles. The van der Waals surface area contributed by atoms with Crippen LogP contribution in [0.3, 0.4) is 0 Å². The smallest absolute Gasteiger partial charge is 0.123 e.